The number of nitrogens with one attached hydrogen (secondary N) is 3. The summed E-state index contributed by atoms with van der Waals surface area (Å²) in [5.41, 5.74) is 6.06. The normalized spacial score (nSPS) is 21.6. The first-order chi connectivity index (χ1) is 9.94. The van der Waals surface area contributed by atoms with Crippen LogP contribution in [0.2, 0.25) is 0 Å². The van der Waals surface area contributed by atoms with E-state index in [1.807, 2.05) is 0 Å². The molecule has 1 atom stereocenters. The Bertz CT molecular complexity index is 465. The molecule has 8 nitrogen and oxygen atoms in total. The second-order valence-corrected chi connectivity index (χ2v) is 4.95. The molecule has 1 aliphatic rings. The van der Waals surface area contributed by atoms with E-state index in [-0.39, 0.29) is 5.16 Å². The number of nitrogens with zero attached hydrogens (tertiary/aromatic N) is 2. The molecule has 0 radical (unpaired) electrons. The van der Waals surface area contributed by atoms with Crippen LogP contribution in [-0.4, -0.2) is 29.6 Å². The molecule has 5 N–H and O–H groups in total. The summed E-state index contributed by atoms with van der Waals surface area (Å²) in [6.45, 7) is 6.59. The van der Waals surface area contributed by atoms with E-state index >= 15 is 0 Å². The monoisotopic (exact) mass is 316 g/mol. The van der Waals surface area contributed by atoms with Crippen LogP contribution in [0.3, 0.4) is 0 Å². The quantitative estimate of drug-likeness (QED) is 0.131. The number of unbranched alkanes of at least 4 members (excludes halogenated alkanes) is 2. The van der Waals surface area contributed by atoms with Gasteiger partial charge in [0.15, 0.2) is 5.82 Å². The van der Waals surface area contributed by atoms with Crippen LogP contribution >= 0.6 is 11.6 Å². The zero-order valence-electron chi connectivity index (χ0n) is 12.0. The number of hydrogen-bond acceptors (Lipinski definition) is 7. The first-order valence-corrected chi connectivity index (χ1v) is 7.12. The van der Waals surface area contributed by atoms with E-state index in [9.17, 15) is 10.1 Å². The molecule has 118 valence electrons. The van der Waals surface area contributed by atoms with E-state index in [0.29, 0.717) is 18.9 Å². The van der Waals surface area contributed by atoms with Crippen LogP contribution in [0.1, 0.15) is 26.2 Å². The van der Waals surface area contributed by atoms with Gasteiger partial charge in [-0.3, -0.25) is 11.1 Å². The molecule has 21 heavy (non-hydrogen) atoms. The van der Waals surface area contributed by atoms with Crippen molar-refractivity contribution in [2.24, 2.45) is 10.7 Å². The number of amidine groups is 1. The summed E-state index contributed by atoms with van der Waals surface area (Å²) in [6.07, 6.45) is 4.53. The molecular weight excluding hydrogens is 296 g/mol. The molecule has 1 rings (SSSR count). The fourth-order valence-electron chi connectivity index (χ4n) is 1.80. The number of nitrogens with two attached hydrogens (primary N) is 1. The SMILES string of the molecule is C=CCNC1=C(Cl)N=C([N+](=O)[O-])C(N)(NCCCCC)N1. The van der Waals surface area contributed by atoms with Gasteiger partial charge < -0.3 is 20.7 Å². The van der Waals surface area contributed by atoms with Gasteiger partial charge in [-0.15, -0.1) is 6.58 Å². The molecule has 0 amide bonds. The lowest BCUT2D eigenvalue weighted by atomic mass is 10.2. The highest BCUT2D eigenvalue weighted by Gasteiger charge is 2.45. The van der Waals surface area contributed by atoms with Crippen molar-refractivity contribution in [2.45, 2.75) is 32.0 Å². The number of halogens is 1. The van der Waals surface area contributed by atoms with Crippen LogP contribution in [0.15, 0.2) is 28.6 Å². The van der Waals surface area contributed by atoms with Crippen LogP contribution in [0.5, 0.6) is 0 Å². The third-order valence-corrected chi connectivity index (χ3v) is 3.14. The lowest BCUT2D eigenvalue weighted by molar-refractivity contribution is -0.359. The molecule has 0 fully saturated rings. The van der Waals surface area contributed by atoms with Gasteiger partial charge in [-0.2, -0.15) is 0 Å². The highest BCUT2D eigenvalue weighted by molar-refractivity contribution is 6.30. The maximum absolute atomic E-state index is 11.1. The Morgan fingerprint density at radius 1 is 1.62 bits per heavy atom. The van der Waals surface area contributed by atoms with Gasteiger partial charge in [0.05, 0.1) is 0 Å². The highest BCUT2D eigenvalue weighted by Crippen LogP contribution is 2.17. The van der Waals surface area contributed by atoms with Gasteiger partial charge in [-0.25, -0.2) is 0 Å². The van der Waals surface area contributed by atoms with Crippen molar-refractivity contribution in [3.8, 4) is 0 Å². The summed E-state index contributed by atoms with van der Waals surface area (Å²) in [7, 11) is 0. The summed E-state index contributed by atoms with van der Waals surface area (Å²) < 4.78 is 0. The Hall–Kier alpha value is -1.64. The summed E-state index contributed by atoms with van der Waals surface area (Å²) in [5.74, 6) is -1.71. The molecule has 0 saturated carbocycles. The molecule has 0 aromatic rings. The van der Waals surface area contributed by atoms with Crippen molar-refractivity contribution in [1.29, 1.82) is 0 Å². The largest absolute Gasteiger partial charge is 0.397 e. The van der Waals surface area contributed by atoms with Gasteiger partial charge in [0.2, 0.25) is 0 Å². The molecule has 0 bridgehead atoms. The Morgan fingerprint density at radius 2 is 2.33 bits per heavy atom. The predicted molar refractivity (Wildman–Crippen MR) is 83.1 cm³/mol. The van der Waals surface area contributed by atoms with Crippen molar-refractivity contribution >= 4 is 17.4 Å². The minimum absolute atomic E-state index is 0.0417. The van der Waals surface area contributed by atoms with E-state index in [4.69, 9.17) is 17.3 Å². The summed E-state index contributed by atoms with van der Waals surface area (Å²) >= 11 is 5.91. The lowest BCUT2D eigenvalue weighted by Crippen LogP contribution is -2.72. The molecule has 0 spiro atoms. The maximum atomic E-state index is 11.1. The zero-order valence-corrected chi connectivity index (χ0v) is 12.7. The van der Waals surface area contributed by atoms with Crippen LogP contribution in [0.4, 0.5) is 0 Å². The van der Waals surface area contributed by atoms with Gasteiger partial charge in [0.1, 0.15) is 0 Å². The standard InChI is InChI=1S/C12H21ClN6O2/c1-3-5-6-8-16-12(14)11(19(20)21)17-9(13)10(18-12)15-7-4-2/h4,15-16,18H,2-3,5-8,14H2,1H3. The number of aliphatic imine (C=N–C) groups is 1. The third kappa shape index (κ3) is 4.69. The van der Waals surface area contributed by atoms with E-state index in [1.165, 1.54) is 0 Å². The minimum Gasteiger partial charge on any atom is -0.364 e. The maximum Gasteiger partial charge on any atom is 0.397 e. The van der Waals surface area contributed by atoms with Crippen LogP contribution < -0.4 is 21.7 Å². The van der Waals surface area contributed by atoms with Crippen molar-refractivity contribution in [2.75, 3.05) is 13.1 Å². The summed E-state index contributed by atoms with van der Waals surface area (Å²) in [5, 5.41) is 19.7. The first-order valence-electron chi connectivity index (χ1n) is 6.74. The van der Waals surface area contributed by atoms with Crippen molar-refractivity contribution in [3.63, 3.8) is 0 Å². The Balaban J connectivity index is 2.89. The fraction of sp³-hybridized carbons (Fsp3) is 0.583. The molecular formula is C12H21ClN6O2. The second kappa shape index (κ2) is 7.96. The van der Waals surface area contributed by atoms with E-state index in [0.717, 1.165) is 19.3 Å². The topological polar surface area (TPSA) is 118 Å². The molecule has 0 aromatic carbocycles. The Labute approximate surface area is 128 Å². The number of rotatable bonds is 8. The van der Waals surface area contributed by atoms with Gasteiger partial charge in [0, 0.05) is 6.54 Å². The van der Waals surface area contributed by atoms with E-state index < -0.39 is 16.5 Å². The number of nitro groups is 1. The smallest absolute Gasteiger partial charge is 0.364 e. The van der Waals surface area contributed by atoms with Gasteiger partial charge in [0.25, 0.3) is 10.9 Å². The molecule has 1 heterocycles. The van der Waals surface area contributed by atoms with Crippen molar-refractivity contribution < 1.29 is 4.92 Å². The summed E-state index contributed by atoms with van der Waals surface area (Å²) in [6, 6.07) is 0. The number of hydrogen-bond donors (Lipinski definition) is 4. The fourth-order valence-corrected chi connectivity index (χ4v) is 2.00. The zero-order chi connectivity index (χ0) is 15.9. The van der Waals surface area contributed by atoms with Gasteiger partial charge in [-0.1, -0.05) is 25.8 Å². The predicted octanol–water partition coefficient (Wildman–Crippen LogP) is 0.798. The van der Waals surface area contributed by atoms with E-state index in [1.54, 1.807) is 6.08 Å². The van der Waals surface area contributed by atoms with Gasteiger partial charge >= 0.3 is 5.84 Å². The second-order valence-electron chi connectivity index (χ2n) is 4.59. The molecule has 0 aliphatic carbocycles. The third-order valence-electron chi connectivity index (χ3n) is 2.87. The Kier molecular flexibility index (Phi) is 6.60. The van der Waals surface area contributed by atoms with Crippen LogP contribution in [0.25, 0.3) is 0 Å². The van der Waals surface area contributed by atoms with E-state index in [2.05, 4.69) is 34.4 Å². The molecule has 0 aromatic heterocycles. The summed E-state index contributed by atoms with van der Waals surface area (Å²) in [4.78, 5) is 14.3. The van der Waals surface area contributed by atoms with Gasteiger partial charge in [-0.05, 0) is 34.5 Å². The molecule has 1 unspecified atom stereocenters. The van der Waals surface area contributed by atoms with Crippen molar-refractivity contribution in [3.05, 3.63) is 33.7 Å². The highest BCUT2D eigenvalue weighted by atomic mass is 35.5. The average molecular weight is 317 g/mol. The van der Waals surface area contributed by atoms with Crippen LogP contribution in [-0.2, 0) is 0 Å². The van der Waals surface area contributed by atoms with Crippen LogP contribution in [0, 0.1) is 10.1 Å². The molecule has 1 aliphatic heterocycles. The molecule has 9 heteroatoms. The molecule has 0 saturated heterocycles. The minimum atomic E-state index is -1.57. The Morgan fingerprint density at radius 3 is 2.90 bits per heavy atom. The first kappa shape index (κ1) is 17.4. The lowest BCUT2D eigenvalue weighted by Gasteiger charge is -2.32. The average Bonchev–Trinajstić information content (AvgIpc) is 2.44. The van der Waals surface area contributed by atoms with Crippen molar-refractivity contribution in [1.82, 2.24) is 16.0 Å².